The number of aliphatic carboxylic acids is 1. The first-order chi connectivity index (χ1) is 8.09. The van der Waals surface area contributed by atoms with Crippen molar-refractivity contribution in [1.82, 2.24) is 0 Å². The summed E-state index contributed by atoms with van der Waals surface area (Å²) in [6.07, 6.45) is 0.647. The number of rotatable bonds is 2. The van der Waals surface area contributed by atoms with Gasteiger partial charge in [0, 0.05) is 6.42 Å². The summed E-state index contributed by atoms with van der Waals surface area (Å²) >= 11 is 0. The quantitative estimate of drug-likeness (QED) is 0.809. The Bertz CT molecular complexity index is 449. The largest absolute Gasteiger partial charge is 0.489 e. The van der Waals surface area contributed by atoms with Crippen molar-refractivity contribution in [2.75, 3.05) is 13.2 Å². The normalized spacial score (nSPS) is 16.1. The Morgan fingerprint density at radius 3 is 2.82 bits per heavy atom. The van der Waals surface area contributed by atoms with E-state index in [1.807, 2.05) is 0 Å². The first kappa shape index (κ1) is 11.7. The number of nitrogens with two attached hydrogens (primary N) is 1. The van der Waals surface area contributed by atoms with Gasteiger partial charge in [-0.2, -0.15) is 0 Å². The highest BCUT2D eigenvalue weighted by Gasteiger charge is 2.21. The van der Waals surface area contributed by atoms with Crippen LogP contribution >= 0.6 is 0 Å². The predicted octanol–water partition coefficient (Wildman–Crippen LogP) is 1.07. The molecule has 0 radical (unpaired) electrons. The molecule has 1 unspecified atom stereocenters. The van der Waals surface area contributed by atoms with Crippen LogP contribution in [0.4, 0.5) is 4.39 Å². The molecule has 17 heavy (non-hydrogen) atoms. The second-order valence-electron chi connectivity index (χ2n) is 3.70. The van der Waals surface area contributed by atoms with Crippen molar-refractivity contribution in [3.05, 3.63) is 23.5 Å². The Kier molecular flexibility index (Phi) is 3.14. The molecule has 1 aliphatic heterocycles. The number of carboxylic acid groups (broad SMARTS) is 1. The van der Waals surface area contributed by atoms with Crippen LogP contribution in [0.1, 0.15) is 18.0 Å². The maximum absolute atomic E-state index is 13.7. The maximum atomic E-state index is 13.7. The monoisotopic (exact) mass is 241 g/mol. The van der Waals surface area contributed by atoms with Gasteiger partial charge in [0.1, 0.15) is 6.04 Å². The van der Waals surface area contributed by atoms with Gasteiger partial charge in [0.15, 0.2) is 17.3 Å². The molecule has 1 aromatic carbocycles. The standard InChI is InChI=1S/C11H12FNO4/c12-7-4-6(9(13)11(14)15)5-8-10(7)17-3-1-2-16-8/h4-5,9H,1-3,13H2,(H,14,15). The molecular weight excluding hydrogens is 229 g/mol. The molecule has 0 spiro atoms. The summed E-state index contributed by atoms with van der Waals surface area (Å²) in [5, 5.41) is 8.77. The molecule has 2 rings (SSSR count). The fourth-order valence-electron chi connectivity index (χ4n) is 1.57. The van der Waals surface area contributed by atoms with E-state index in [0.717, 1.165) is 6.07 Å². The molecule has 1 heterocycles. The van der Waals surface area contributed by atoms with E-state index in [4.69, 9.17) is 20.3 Å². The smallest absolute Gasteiger partial charge is 0.325 e. The van der Waals surface area contributed by atoms with E-state index in [0.29, 0.717) is 19.6 Å². The number of hydrogen-bond donors (Lipinski definition) is 2. The van der Waals surface area contributed by atoms with Gasteiger partial charge in [-0.1, -0.05) is 0 Å². The Labute approximate surface area is 96.9 Å². The summed E-state index contributed by atoms with van der Waals surface area (Å²) in [6, 6.07) is 1.19. The van der Waals surface area contributed by atoms with Gasteiger partial charge in [0.05, 0.1) is 13.2 Å². The molecule has 3 N–H and O–H groups in total. The van der Waals surface area contributed by atoms with Crippen molar-refractivity contribution in [3.8, 4) is 11.5 Å². The maximum Gasteiger partial charge on any atom is 0.325 e. The Balaban J connectivity index is 2.42. The third-order valence-electron chi connectivity index (χ3n) is 2.45. The van der Waals surface area contributed by atoms with Gasteiger partial charge in [-0.3, -0.25) is 4.79 Å². The van der Waals surface area contributed by atoms with E-state index < -0.39 is 17.8 Å². The van der Waals surface area contributed by atoms with Gasteiger partial charge in [0.2, 0.25) is 0 Å². The number of carboxylic acids is 1. The highest BCUT2D eigenvalue weighted by Crippen LogP contribution is 2.35. The minimum Gasteiger partial charge on any atom is -0.489 e. The zero-order chi connectivity index (χ0) is 12.4. The Hall–Kier alpha value is -1.82. The van der Waals surface area contributed by atoms with Gasteiger partial charge < -0.3 is 20.3 Å². The molecule has 1 atom stereocenters. The fraction of sp³-hybridized carbons (Fsp3) is 0.364. The third kappa shape index (κ3) is 2.31. The third-order valence-corrected chi connectivity index (χ3v) is 2.45. The van der Waals surface area contributed by atoms with E-state index in [-0.39, 0.29) is 17.1 Å². The lowest BCUT2D eigenvalue weighted by Gasteiger charge is -2.12. The average Bonchev–Trinajstić information content (AvgIpc) is 2.53. The predicted molar refractivity (Wildman–Crippen MR) is 56.6 cm³/mol. The molecule has 92 valence electrons. The number of fused-ring (bicyclic) bond motifs is 1. The molecule has 0 saturated heterocycles. The summed E-state index contributed by atoms with van der Waals surface area (Å²) in [7, 11) is 0. The van der Waals surface area contributed by atoms with Gasteiger partial charge >= 0.3 is 5.97 Å². The molecule has 6 heteroatoms. The number of ether oxygens (including phenoxy) is 2. The highest BCUT2D eigenvalue weighted by atomic mass is 19.1. The van der Waals surface area contributed by atoms with Crippen LogP contribution in [-0.4, -0.2) is 24.3 Å². The lowest BCUT2D eigenvalue weighted by atomic mass is 10.1. The van der Waals surface area contributed by atoms with Gasteiger partial charge in [-0.05, 0) is 17.7 Å². The summed E-state index contributed by atoms with van der Waals surface area (Å²) in [5.74, 6) is -1.66. The minimum absolute atomic E-state index is 0.0174. The molecule has 0 amide bonds. The van der Waals surface area contributed by atoms with E-state index in [2.05, 4.69) is 0 Å². The van der Waals surface area contributed by atoms with Crippen LogP contribution in [0.25, 0.3) is 0 Å². The molecule has 5 nitrogen and oxygen atoms in total. The van der Waals surface area contributed by atoms with Crippen molar-refractivity contribution < 1.29 is 23.8 Å². The molecule has 1 aliphatic rings. The molecule has 0 saturated carbocycles. The van der Waals surface area contributed by atoms with Crippen LogP contribution in [0.5, 0.6) is 11.5 Å². The second-order valence-corrected chi connectivity index (χ2v) is 3.70. The Morgan fingerprint density at radius 1 is 1.41 bits per heavy atom. The Morgan fingerprint density at radius 2 is 2.12 bits per heavy atom. The van der Waals surface area contributed by atoms with Crippen LogP contribution in [0.3, 0.4) is 0 Å². The van der Waals surface area contributed by atoms with Crippen molar-refractivity contribution in [3.63, 3.8) is 0 Å². The van der Waals surface area contributed by atoms with Gasteiger partial charge in [-0.25, -0.2) is 4.39 Å². The first-order valence-electron chi connectivity index (χ1n) is 5.17. The number of halogens is 1. The SMILES string of the molecule is NC(C(=O)O)c1cc(F)c2c(c1)OCCCO2. The van der Waals surface area contributed by atoms with Crippen molar-refractivity contribution in [1.29, 1.82) is 0 Å². The fourth-order valence-corrected chi connectivity index (χ4v) is 1.57. The van der Waals surface area contributed by atoms with Crippen LogP contribution in [-0.2, 0) is 4.79 Å². The molecular formula is C11H12FNO4. The number of carbonyl (C=O) groups is 1. The van der Waals surface area contributed by atoms with E-state index in [9.17, 15) is 9.18 Å². The second kappa shape index (κ2) is 4.58. The summed E-state index contributed by atoms with van der Waals surface area (Å²) < 4.78 is 24.2. The van der Waals surface area contributed by atoms with Crippen molar-refractivity contribution in [2.45, 2.75) is 12.5 Å². The zero-order valence-corrected chi connectivity index (χ0v) is 8.98. The zero-order valence-electron chi connectivity index (χ0n) is 8.98. The minimum atomic E-state index is -1.28. The van der Waals surface area contributed by atoms with E-state index in [1.54, 1.807) is 0 Å². The lowest BCUT2D eigenvalue weighted by molar-refractivity contribution is -0.138. The van der Waals surface area contributed by atoms with Crippen LogP contribution in [0, 0.1) is 5.82 Å². The number of hydrogen-bond acceptors (Lipinski definition) is 4. The van der Waals surface area contributed by atoms with Crippen LogP contribution in [0.15, 0.2) is 12.1 Å². The van der Waals surface area contributed by atoms with E-state index in [1.165, 1.54) is 6.07 Å². The highest BCUT2D eigenvalue weighted by molar-refractivity contribution is 5.75. The summed E-state index contributed by atoms with van der Waals surface area (Å²) in [6.45, 7) is 0.770. The van der Waals surface area contributed by atoms with Crippen molar-refractivity contribution >= 4 is 5.97 Å². The summed E-state index contributed by atoms with van der Waals surface area (Å²) in [4.78, 5) is 10.7. The molecule has 0 aliphatic carbocycles. The van der Waals surface area contributed by atoms with Crippen LogP contribution in [0.2, 0.25) is 0 Å². The lowest BCUT2D eigenvalue weighted by Crippen LogP contribution is -2.20. The van der Waals surface area contributed by atoms with Crippen molar-refractivity contribution in [2.24, 2.45) is 5.73 Å². The molecule has 0 aromatic heterocycles. The van der Waals surface area contributed by atoms with E-state index >= 15 is 0 Å². The summed E-state index contributed by atoms with van der Waals surface area (Å²) in [5.41, 5.74) is 5.57. The molecule has 1 aromatic rings. The molecule has 0 bridgehead atoms. The van der Waals surface area contributed by atoms with Gasteiger partial charge in [0.25, 0.3) is 0 Å². The average molecular weight is 241 g/mol. The first-order valence-corrected chi connectivity index (χ1v) is 5.17. The van der Waals surface area contributed by atoms with Gasteiger partial charge in [-0.15, -0.1) is 0 Å². The van der Waals surface area contributed by atoms with Crippen LogP contribution < -0.4 is 15.2 Å². The molecule has 0 fully saturated rings. The topological polar surface area (TPSA) is 81.8 Å². The number of benzene rings is 1.